The van der Waals surface area contributed by atoms with E-state index in [4.69, 9.17) is 9.47 Å². The van der Waals surface area contributed by atoms with Crippen molar-refractivity contribution < 1.29 is 19.2 Å². The molecule has 0 saturated heterocycles. The number of likely N-dealkylation sites (N-methyl/N-ethyl adjacent to an activating group) is 1. The van der Waals surface area contributed by atoms with Crippen LogP contribution in [-0.4, -0.2) is 39.8 Å². The van der Waals surface area contributed by atoms with Gasteiger partial charge in [0.05, 0.1) is 27.3 Å². The first-order valence-electron chi connectivity index (χ1n) is 8.92. The lowest BCUT2D eigenvalue weighted by Crippen LogP contribution is -3.10. The molecule has 5 nitrogen and oxygen atoms in total. The molecule has 1 unspecified atom stereocenters. The van der Waals surface area contributed by atoms with Gasteiger partial charge in [-0.15, -0.1) is 0 Å². The summed E-state index contributed by atoms with van der Waals surface area (Å²) >= 11 is 0. The van der Waals surface area contributed by atoms with Crippen LogP contribution in [0.15, 0.2) is 42.5 Å². The average molecular weight is 357 g/mol. The van der Waals surface area contributed by atoms with Crippen LogP contribution in [0.1, 0.15) is 17.5 Å². The molecule has 0 radical (unpaired) electrons. The number of anilines is 1. The Labute approximate surface area is 155 Å². The Kier molecular flexibility index (Phi) is 7.48. The fourth-order valence-electron chi connectivity index (χ4n) is 2.82. The molecule has 0 heterocycles. The van der Waals surface area contributed by atoms with E-state index in [0.29, 0.717) is 13.2 Å². The standard InChI is InChI=1S/C21H28N2O3/c1-16-12-17(2)14-20(13-16)26-11-5-10-23(3)15-21(24)22-18-6-8-19(25-4)9-7-18/h6-9,12-14H,5,10-11,15H2,1-4H3,(H,22,24)/p+1. The Balaban J connectivity index is 1.67. The third kappa shape index (κ3) is 6.76. The number of methoxy groups -OCH3 is 1. The molecule has 0 saturated carbocycles. The van der Waals surface area contributed by atoms with Gasteiger partial charge in [0.2, 0.25) is 0 Å². The maximum atomic E-state index is 12.1. The maximum Gasteiger partial charge on any atom is 0.279 e. The van der Waals surface area contributed by atoms with Crippen LogP contribution in [0.25, 0.3) is 0 Å². The molecule has 2 rings (SSSR count). The van der Waals surface area contributed by atoms with E-state index in [-0.39, 0.29) is 5.91 Å². The van der Waals surface area contributed by atoms with Gasteiger partial charge in [-0.2, -0.15) is 0 Å². The maximum absolute atomic E-state index is 12.1. The van der Waals surface area contributed by atoms with Gasteiger partial charge in [0.25, 0.3) is 5.91 Å². The molecule has 26 heavy (non-hydrogen) atoms. The van der Waals surface area contributed by atoms with E-state index in [1.807, 2.05) is 43.4 Å². The summed E-state index contributed by atoms with van der Waals surface area (Å²) in [6, 6.07) is 13.6. The Morgan fingerprint density at radius 1 is 1.04 bits per heavy atom. The predicted molar refractivity (Wildman–Crippen MR) is 104 cm³/mol. The highest BCUT2D eigenvalue weighted by Crippen LogP contribution is 2.16. The molecule has 0 aromatic heterocycles. The molecule has 2 aromatic rings. The van der Waals surface area contributed by atoms with Crippen LogP contribution in [0.4, 0.5) is 5.69 Å². The topological polar surface area (TPSA) is 52.0 Å². The molecule has 1 amide bonds. The Morgan fingerprint density at radius 2 is 1.69 bits per heavy atom. The van der Waals surface area contributed by atoms with Gasteiger partial charge in [-0.1, -0.05) is 6.07 Å². The Morgan fingerprint density at radius 3 is 2.31 bits per heavy atom. The fraction of sp³-hybridized carbons (Fsp3) is 0.381. The second-order valence-electron chi connectivity index (χ2n) is 6.69. The Hall–Kier alpha value is -2.53. The van der Waals surface area contributed by atoms with Crippen LogP contribution < -0.4 is 19.7 Å². The SMILES string of the molecule is COc1ccc(NC(=O)C[NH+](C)CCCOc2cc(C)cc(C)c2)cc1. The molecule has 2 N–H and O–H groups in total. The number of rotatable bonds is 9. The van der Waals surface area contributed by atoms with E-state index in [9.17, 15) is 4.79 Å². The minimum Gasteiger partial charge on any atom is -0.497 e. The number of quaternary nitrogens is 1. The summed E-state index contributed by atoms with van der Waals surface area (Å²) in [5.74, 6) is 1.69. The van der Waals surface area contributed by atoms with Crippen molar-refractivity contribution in [2.24, 2.45) is 0 Å². The highest BCUT2D eigenvalue weighted by atomic mass is 16.5. The molecule has 0 bridgehead atoms. The third-order valence-corrected chi connectivity index (χ3v) is 4.05. The first-order chi connectivity index (χ1) is 12.5. The summed E-state index contributed by atoms with van der Waals surface area (Å²) in [7, 11) is 3.64. The van der Waals surface area contributed by atoms with Crippen LogP contribution in [0.2, 0.25) is 0 Å². The van der Waals surface area contributed by atoms with Crippen molar-refractivity contribution in [3.8, 4) is 11.5 Å². The van der Waals surface area contributed by atoms with E-state index >= 15 is 0 Å². The minimum absolute atomic E-state index is 0.00268. The number of nitrogens with one attached hydrogen (secondary N) is 2. The van der Waals surface area contributed by atoms with Crippen LogP contribution in [0.5, 0.6) is 11.5 Å². The predicted octanol–water partition coefficient (Wildman–Crippen LogP) is 2.23. The van der Waals surface area contributed by atoms with Crippen molar-refractivity contribution in [1.29, 1.82) is 0 Å². The van der Waals surface area contributed by atoms with Crippen LogP contribution >= 0.6 is 0 Å². The van der Waals surface area contributed by atoms with E-state index in [0.717, 1.165) is 35.1 Å². The summed E-state index contributed by atoms with van der Waals surface area (Å²) in [5.41, 5.74) is 3.19. The molecule has 1 atom stereocenters. The zero-order chi connectivity index (χ0) is 18.9. The van der Waals surface area contributed by atoms with E-state index in [2.05, 4.69) is 25.2 Å². The van der Waals surface area contributed by atoms with Crippen molar-refractivity contribution in [2.75, 3.05) is 39.2 Å². The van der Waals surface area contributed by atoms with Gasteiger partial charge in [-0.05, 0) is 61.4 Å². The van der Waals surface area contributed by atoms with Crippen molar-refractivity contribution >= 4 is 11.6 Å². The fourth-order valence-corrected chi connectivity index (χ4v) is 2.82. The summed E-state index contributed by atoms with van der Waals surface area (Å²) in [5, 5.41) is 2.91. The minimum atomic E-state index is 0.00268. The Bertz CT molecular complexity index is 693. The van der Waals surface area contributed by atoms with Crippen molar-refractivity contribution in [3.05, 3.63) is 53.6 Å². The summed E-state index contributed by atoms with van der Waals surface area (Å²) in [6.07, 6.45) is 0.897. The number of aryl methyl sites for hydroxylation is 2. The molecule has 140 valence electrons. The number of ether oxygens (including phenoxy) is 2. The van der Waals surface area contributed by atoms with Crippen LogP contribution in [-0.2, 0) is 4.79 Å². The average Bonchev–Trinajstić information content (AvgIpc) is 2.58. The van der Waals surface area contributed by atoms with Gasteiger partial charge in [-0.3, -0.25) is 4.79 Å². The smallest absolute Gasteiger partial charge is 0.279 e. The van der Waals surface area contributed by atoms with E-state index in [1.165, 1.54) is 11.1 Å². The second kappa shape index (κ2) is 9.82. The normalized spacial score (nSPS) is 11.7. The van der Waals surface area contributed by atoms with Gasteiger partial charge in [0.1, 0.15) is 11.5 Å². The van der Waals surface area contributed by atoms with Gasteiger partial charge in [0.15, 0.2) is 6.54 Å². The first-order valence-corrected chi connectivity index (χ1v) is 8.92. The lowest BCUT2D eigenvalue weighted by molar-refractivity contribution is -0.871. The summed E-state index contributed by atoms with van der Waals surface area (Å²) in [6.45, 7) is 6.09. The second-order valence-corrected chi connectivity index (χ2v) is 6.69. The van der Waals surface area contributed by atoms with E-state index in [1.54, 1.807) is 7.11 Å². The lowest BCUT2D eigenvalue weighted by atomic mass is 10.1. The number of hydrogen-bond donors (Lipinski definition) is 2. The molecule has 0 aliphatic rings. The van der Waals surface area contributed by atoms with Gasteiger partial charge < -0.3 is 19.7 Å². The number of benzene rings is 2. The monoisotopic (exact) mass is 357 g/mol. The van der Waals surface area contributed by atoms with Crippen molar-refractivity contribution in [3.63, 3.8) is 0 Å². The van der Waals surface area contributed by atoms with Gasteiger partial charge in [-0.25, -0.2) is 0 Å². The molecule has 2 aromatic carbocycles. The molecular formula is C21H29N2O3+. The number of amides is 1. The van der Waals surface area contributed by atoms with Crippen LogP contribution in [0, 0.1) is 13.8 Å². The van der Waals surface area contributed by atoms with E-state index < -0.39 is 0 Å². The quantitative estimate of drug-likeness (QED) is 0.677. The highest BCUT2D eigenvalue weighted by molar-refractivity contribution is 5.91. The molecular weight excluding hydrogens is 328 g/mol. The number of carbonyl (C=O) groups is 1. The molecule has 0 aliphatic heterocycles. The third-order valence-electron chi connectivity index (χ3n) is 4.05. The molecule has 0 aliphatic carbocycles. The number of carbonyl (C=O) groups excluding carboxylic acids is 1. The molecule has 0 fully saturated rings. The summed E-state index contributed by atoms with van der Waals surface area (Å²) in [4.78, 5) is 13.3. The zero-order valence-electron chi connectivity index (χ0n) is 16.1. The van der Waals surface area contributed by atoms with Crippen molar-refractivity contribution in [1.82, 2.24) is 0 Å². The van der Waals surface area contributed by atoms with Crippen LogP contribution in [0.3, 0.4) is 0 Å². The lowest BCUT2D eigenvalue weighted by Gasteiger charge is -2.14. The van der Waals surface area contributed by atoms with Gasteiger partial charge in [0, 0.05) is 12.1 Å². The largest absolute Gasteiger partial charge is 0.497 e. The zero-order valence-corrected chi connectivity index (χ0v) is 16.1. The molecule has 0 spiro atoms. The molecule has 5 heteroatoms. The van der Waals surface area contributed by atoms with Gasteiger partial charge >= 0.3 is 0 Å². The highest BCUT2D eigenvalue weighted by Gasteiger charge is 2.10. The van der Waals surface area contributed by atoms with Crippen molar-refractivity contribution in [2.45, 2.75) is 20.3 Å². The summed E-state index contributed by atoms with van der Waals surface area (Å²) < 4.78 is 10.9. The number of hydrogen-bond acceptors (Lipinski definition) is 3. The first kappa shape index (κ1) is 19.8.